The van der Waals surface area contributed by atoms with E-state index in [4.69, 9.17) is 0 Å². The molecule has 0 spiro atoms. The minimum Gasteiger partial charge on any atom is -0.326 e. The van der Waals surface area contributed by atoms with Crippen molar-refractivity contribution in [1.82, 2.24) is 19.4 Å². The molecule has 2 aliphatic rings. The molecule has 154 valence electrons. The second kappa shape index (κ2) is 8.10. The number of benzene rings is 1. The fraction of sp³-hybridized carbons (Fsp3) is 0.529. The third-order valence-electron chi connectivity index (χ3n) is 4.87. The predicted molar refractivity (Wildman–Crippen MR) is 95.6 cm³/mol. The molecule has 1 N–H and O–H groups in total. The maximum absolute atomic E-state index is 13.9. The van der Waals surface area contributed by atoms with Crippen molar-refractivity contribution in [2.75, 3.05) is 32.8 Å². The molecule has 0 radical (unpaired) electrons. The van der Waals surface area contributed by atoms with Crippen LogP contribution in [0.15, 0.2) is 23.1 Å². The van der Waals surface area contributed by atoms with E-state index < -0.39 is 38.6 Å². The Bertz CT molecular complexity index is 852. The molecular weight excluding hydrogens is 394 g/mol. The highest BCUT2D eigenvalue weighted by molar-refractivity contribution is 7.89. The Hall–Kier alpha value is -2.11. The summed E-state index contributed by atoms with van der Waals surface area (Å²) in [7, 11) is -4.31. The van der Waals surface area contributed by atoms with Crippen LogP contribution in [0, 0.1) is 11.6 Å². The maximum Gasteiger partial charge on any atom is 0.325 e. The summed E-state index contributed by atoms with van der Waals surface area (Å²) in [4.78, 5) is 26.2. The fourth-order valence-electron chi connectivity index (χ4n) is 3.36. The summed E-state index contributed by atoms with van der Waals surface area (Å²) < 4.78 is 54.0. The molecule has 1 aromatic carbocycles. The molecule has 1 atom stereocenters. The molecule has 1 aromatic rings. The van der Waals surface area contributed by atoms with Gasteiger partial charge in [-0.15, -0.1) is 0 Å². The SMILES string of the molecule is CCC[C@@H]1NC(=O)N(CN2CCN(S(=O)(=O)c3c(F)cccc3F)CC2)C1=O. The second-order valence-electron chi connectivity index (χ2n) is 6.77. The Morgan fingerprint density at radius 3 is 2.29 bits per heavy atom. The van der Waals surface area contributed by atoms with Gasteiger partial charge in [-0.05, 0) is 18.6 Å². The van der Waals surface area contributed by atoms with Crippen molar-refractivity contribution in [3.05, 3.63) is 29.8 Å². The van der Waals surface area contributed by atoms with Crippen molar-refractivity contribution in [3.8, 4) is 0 Å². The number of carbonyl (C=O) groups is 2. The van der Waals surface area contributed by atoms with Gasteiger partial charge >= 0.3 is 6.03 Å². The molecule has 11 heteroatoms. The van der Waals surface area contributed by atoms with Crippen molar-refractivity contribution < 1.29 is 26.8 Å². The molecule has 2 aliphatic heterocycles. The molecule has 8 nitrogen and oxygen atoms in total. The van der Waals surface area contributed by atoms with E-state index in [2.05, 4.69) is 5.32 Å². The van der Waals surface area contributed by atoms with E-state index in [1.165, 1.54) is 0 Å². The first-order valence-corrected chi connectivity index (χ1v) is 10.5. The van der Waals surface area contributed by atoms with E-state index in [0.717, 1.165) is 33.8 Å². The van der Waals surface area contributed by atoms with Crippen LogP contribution in [0.1, 0.15) is 19.8 Å². The standard InChI is InChI=1S/C17H22F2N4O4S/c1-2-4-14-16(24)23(17(25)20-14)11-21-7-9-22(10-8-21)28(26,27)15-12(18)5-3-6-13(15)19/h3,5-6,14H,2,4,7-11H2,1H3,(H,20,25)/t14-/m0/s1. The summed E-state index contributed by atoms with van der Waals surface area (Å²) in [6.45, 7) is 2.42. The molecule has 3 rings (SSSR count). The lowest BCUT2D eigenvalue weighted by molar-refractivity contribution is -0.129. The topological polar surface area (TPSA) is 90.0 Å². The summed E-state index contributed by atoms with van der Waals surface area (Å²) in [6.07, 6.45) is 1.31. The Morgan fingerprint density at radius 2 is 1.71 bits per heavy atom. The van der Waals surface area contributed by atoms with Gasteiger partial charge in [0.25, 0.3) is 5.91 Å². The monoisotopic (exact) mass is 416 g/mol. The zero-order valence-corrected chi connectivity index (χ0v) is 16.2. The Labute approximate surface area is 162 Å². The van der Waals surface area contributed by atoms with Gasteiger partial charge in [0.1, 0.15) is 17.7 Å². The summed E-state index contributed by atoms with van der Waals surface area (Å²) in [5.41, 5.74) is 0. The van der Waals surface area contributed by atoms with Crippen LogP contribution < -0.4 is 5.32 Å². The average Bonchev–Trinajstić information content (AvgIpc) is 2.90. The molecule has 2 heterocycles. The van der Waals surface area contributed by atoms with Crippen LogP contribution in [0.3, 0.4) is 0 Å². The number of hydrogen-bond acceptors (Lipinski definition) is 5. The van der Waals surface area contributed by atoms with Gasteiger partial charge in [0.05, 0.1) is 6.67 Å². The number of imide groups is 1. The van der Waals surface area contributed by atoms with E-state index in [0.29, 0.717) is 6.42 Å². The number of rotatable bonds is 6. The third kappa shape index (κ3) is 3.87. The molecule has 0 bridgehead atoms. The van der Waals surface area contributed by atoms with E-state index in [1.54, 1.807) is 4.90 Å². The molecule has 3 amide bonds. The molecule has 0 saturated carbocycles. The fourth-order valence-corrected chi connectivity index (χ4v) is 4.90. The molecular formula is C17H22F2N4O4S. The normalized spacial score (nSPS) is 22.0. The van der Waals surface area contributed by atoms with Crippen molar-refractivity contribution in [2.24, 2.45) is 0 Å². The number of sulfonamides is 1. The van der Waals surface area contributed by atoms with Crippen LogP contribution in [0.5, 0.6) is 0 Å². The van der Waals surface area contributed by atoms with E-state index in [1.807, 2.05) is 6.92 Å². The lowest BCUT2D eigenvalue weighted by atomic mass is 10.2. The van der Waals surface area contributed by atoms with E-state index >= 15 is 0 Å². The predicted octanol–water partition coefficient (Wildman–Crippen LogP) is 0.949. The first kappa shape index (κ1) is 20.6. The van der Waals surface area contributed by atoms with Crippen molar-refractivity contribution >= 4 is 22.0 Å². The summed E-state index contributed by atoms with van der Waals surface area (Å²) in [6, 6.07) is 1.91. The minimum atomic E-state index is -4.31. The van der Waals surface area contributed by atoms with Crippen molar-refractivity contribution in [1.29, 1.82) is 0 Å². The Morgan fingerprint density at radius 1 is 1.11 bits per heavy atom. The number of amides is 3. The molecule has 0 aliphatic carbocycles. The smallest absolute Gasteiger partial charge is 0.325 e. The van der Waals surface area contributed by atoms with Crippen LogP contribution in [0.25, 0.3) is 0 Å². The van der Waals surface area contributed by atoms with Crippen LogP contribution in [0.2, 0.25) is 0 Å². The highest BCUT2D eigenvalue weighted by Gasteiger charge is 2.39. The van der Waals surface area contributed by atoms with Crippen molar-refractivity contribution in [3.63, 3.8) is 0 Å². The maximum atomic E-state index is 13.9. The van der Waals surface area contributed by atoms with Gasteiger partial charge in [-0.25, -0.2) is 26.9 Å². The van der Waals surface area contributed by atoms with E-state index in [-0.39, 0.29) is 38.8 Å². The zero-order valence-electron chi connectivity index (χ0n) is 15.4. The number of halogens is 2. The number of urea groups is 1. The van der Waals surface area contributed by atoms with Gasteiger partial charge < -0.3 is 5.32 Å². The van der Waals surface area contributed by atoms with Gasteiger partial charge in [-0.2, -0.15) is 4.31 Å². The summed E-state index contributed by atoms with van der Waals surface area (Å²) >= 11 is 0. The van der Waals surface area contributed by atoms with E-state index in [9.17, 15) is 26.8 Å². The molecule has 2 fully saturated rings. The van der Waals surface area contributed by atoms with Gasteiger partial charge in [0.15, 0.2) is 4.90 Å². The van der Waals surface area contributed by atoms with Crippen LogP contribution >= 0.6 is 0 Å². The van der Waals surface area contributed by atoms with Gasteiger partial charge in [0.2, 0.25) is 10.0 Å². The number of hydrogen-bond donors (Lipinski definition) is 1. The Kier molecular flexibility index (Phi) is 5.96. The first-order valence-electron chi connectivity index (χ1n) is 9.04. The largest absolute Gasteiger partial charge is 0.326 e. The van der Waals surface area contributed by atoms with Crippen LogP contribution in [0.4, 0.5) is 13.6 Å². The molecule has 0 aromatic heterocycles. The number of nitrogens with zero attached hydrogens (tertiary/aromatic N) is 3. The quantitative estimate of drug-likeness (QED) is 0.698. The molecule has 2 saturated heterocycles. The Balaban J connectivity index is 1.63. The third-order valence-corrected chi connectivity index (χ3v) is 6.82. The molecule has 28 heavy (non-hydrogen) atoms. The highest BCUT2D eigenvalue weighted by atomic mass is 32.2. The minimum absolute atomic E-state index is 0.00184. The second-order valence-corrected chi connectivity index (χ2v) is 8.65. The zero-order chi connectivity index (χ0) is 20.5. The summed E-state index contributed by atoms with van der Waals surface area (Å²) in [5.74, 6) is -2.57. The average molecular weight is 416 g/mol. The van der Waals surface area contributed by atoms with Gasteiger partial charge in [-0.1, -0.05) is 19.4 Å². The summed E-state index contributed by atoms with van der Waals surface area (Å²) in [5, 5.41) is 2.63. The lowest BCUT2D eigenvalue weighted by Crippen LogP contribution is -2.52. The lowest BCUT2D eigenvalue weighted by Gasteiger charge is -2.35. The van der Waals surface area contributed by atoms with Gasteiger partial charge in [0, 0.05) is 26.2 Å². The number of piperazine rings is 1. The van der Waals surface area contributed by atoms with Crippen molar-refractivity contribution in [2.45, 2.75) is 30.7 Å². The molecule has 0 unspecified atom stereocenters. The first-order chi connectivity index (χ1) is 13.3. The number of nitrogens with one attached hydrogen (secondary N) is 1. The van der Waals surface area contributed by atoms with Crippen LogP contribution in [-0.4, -0.2) is 73.4 Å². The van der Waals surface area contributed by atoms with Crippen LogP contribution in [-0.2, 0) is 14.8 Å². The van der Waals surface area contributed by atoms with Gasteiger partial charge in [-0.3, -0.25) is 9.69 Å². The highest BCUT2D eigenvalue weighted by Crippen LogP contribution is 2.24. The number of carbonyl (C=O) groups excluding carboxylic acids is 2.